The molecule has 0 aliphatic rings. The Balaban J connectivity index is 2.87. The fourth-order valence-corrected chi connectivity index (χ4v) is 3.15. The van der Waals surface area contributed by atoms with Crippen LogP contribution in [0.25, 0.3) is 0 Å². The van der Waals surface area contributed by atoms with Gasteiger partial charge in [-0.2, -0.15) is 0 Å². The van der Waals surface area contributed by atoms with Gasteiger partial charge in [-0.1, -0.05) is 0 Å². The van der Waals surface area contributed by atoms with Crippen molar-refractivity contribution in [1.82, 2.24) is 4.98 Å². The van der Waals surface area contributed by atoms with Crippen molar-refractivity contribution in [2.24, 2.45) is 0 Å². The van der Waals surface area contributed by atoms with Gasteiger partial charge in [0.25, 0.3) is 0 Å². The van der Waals surface area contributed by atoms with Crippen molar-refractivity contribution in [3.63, 3.8) is 0 Å². The molecule has 4 nitrogen and oxygen atoms in total. The number of Topliss-reactive ketones (excluding diaryl/α,β-unsaturated/α-hetero) is 1. The number of pyridine rings is 1. The van der Waals surface area contributed by atoms with E-state index in [1.807, 2.05) is 6.92 Å². The Labute approximate surface area is 113 Å². The molecule has 0 aromatic carbocycles. The third-order valence-electron chi connectivity index (χ3n) is 2.19. The van der Waals surface area contributed by atoms with Crippen molar-refractivity contribution in [3.05, 3.63) is 23.4 Å². The molecule has 0 bridgehead atoms. The molecule has 1 rings (SSSR count). The average molecular weight is 314 g/mol. The Morgan fingerprint density at radius 2 is 2.06 bits per heavy atom. The summed E-state index contributed by atoms with van der Waals surface area (Å²) >= 11 is 0.172. The van der Waals surface area contributed by atoms with Crippen LogP contribution in [0.3, 0.4) is 0 Å². The minimum atomic E-state index is -0.474. The number of esters is 1. The Hall–Kier alpha value is -1.19. The summed E-state index contributed by atoms with van der Waals surface area (Å²) < 4.78 is 5.62. The third-order valence-corrected chi connectivity index (χ3v) is 4.02. The number of hydrogen-bond acceptors (Lipinski definition) is 4. The second kappa shape index (κ2) is 7.29. The van der Waals surface area contributed by atoms with Crippen LogP contribution < -0.4 is 4.59 Å². The maximum atomic E-state index is 12.0. The summed E-state index contributed by atoms with van der Waals surface area (Å²) in [6, 6.07) is 3.56. The average Bonchev–Trinajstić information content (AvgIpc) is 2.29. The summed E-state index contributed by atoms with van der Waals surface area (Å²) in [4.78, 5) is 27.7. The first kappa shape index (κ1) is 14.9. The van der Waals surface area contributed by atoms with Gasteiger partial charge in [-0.15, -0.1) is 0 Å². The van der Waals surface area contributed by atoms with Crippen LogP contribution in [0.5, 0.6) is 0 Å². The molecule has 0 fully saturated rings. The van der Waals surface area contributed by atoms with Gasteiger partial charge in [-0.25, -0.2) is 0 Å². The minimum absolute atomic E-state index is 0.172. The van der Waals surface area contributed by atoms with Crippen molar-refractivity contribution in [1.29, 1.82) is 0 Å². The number of rotatable bonds is 6. The molecule has 0 spiro atoms. The zero-order valence-electron chi connectivity index (χ0n) is 10.9. The first-order valence-electron chi connectivity index (χ1n) is 5.87. The fourth-order valence-electron chi connectivity index (χ4n) is 1.43. The van der Waals surface area contributed by atoms with Crippen molar-refractivity contribution in [2.45, 2.75) is 32.5 Å². The van der Waals surface area contributed by atoms with Gasteiger partial charge < -0.3 is 0 Å². The molecule has 0 atom stereocenters. The fraction of sp³-hybridized carbons (Fsp3) is 0.462. The van der Waals surface area contributed by atoms with Crippen molar-refractivity contribution in [3.8, 4) is 0 Å². The van der Waals surface area contributed by atoms with Gasteiger partial charge in [0, 0.05) is 0 Å². The summed E-state index contributed by atoms with van der Waals surface area (Å²) in [6.07, 6.45) is -0.203. The Morgan fingerprint density at radius 3 is 2.67 bits per heavy atom. The van der Waals surface area contributed by atoms with Gasteiger partial charge in [-0.05, 0) is 0 Å². The standard InChI is InChI=1S/C13H17NO3Se/c1-4-17-12(16)8-11(15)10-7-6-9(3)14-13(10)18-5-2/h6-7H,4-5,8H2,1-3H3. The molecule has 0 saturated carbocycles. The van der Waals surface area contributed by atoms with E-state index in [4.69, 9.17) is 4.74 Å². The SMILES string of the molecule is CCOC(=O)CC(=O)c1ccc(C)nc1[Se]CC. The molecular formula is C13H17NO3Se. The Kier molecular flexibility index (Phi) is 6.02. The van der Waals surface area contributed by atoms with E-state index in [0.29, 0.717) is 12.2 Å². The van der Waals surface area contributed by atoms with E-state index in [2.05, 4.69) is 11.9 Å². The van der Waals surface area contributed by atoms with Crippen LogP contribution in [0.4, 0.5) is 0 Å². The quantitative estimate of drug-likeness (QED) is 0.344. The predicted octanol–water partition coefficient (Wildman–Crippen LogP) is 1.29. The summed E-state index contributed by atoms with van der Waals surface area (Å²) in [5, 5.41) is 0.975. The topological polar surface area (TPSA) is 56.3 Å². The van der Waals surface area contributed by atoms with Gasteiger partial charge in [0.1, 0.15) is 0 Å². The van der Waals surface area contributed by atoms with Crippen LogP contribution in [0.1, 0.15) is 36.3 Å². The maximum absolute atomic E-state index is 12.0. The van der Waals surface area contributed by atoms with Gasteiger partial charge in [0.15, 0.2) is 0 Å². The number of nitrogens with zero attached hydrogens (tertiary/aromatic N) is 1. The third kappa shape index (κ3) is 4.24. The number of hydrogen-bond donors (Lipinski definition) is 0. The second-order valence-corrected chi connectivity index (χ2v) is 6.27. The van der Waals surface area contributed by atoms with Crippen LogP contribution in [0.15, 0.2) is 12.1 Å². The summed E-state index contributed by atoms with van der Waals surface area (Å²) in [5.74, 6) is -0.677. The number of ketones is 1. The second-order valence-electron chi connectivity index (χ2n) is 3.64. The predicted molar refractivity (Wildman–Crippen MR) is 70.4 cm³/mol. The molecule has 18 heavy (non-hydrogen) atoms. The molecule has 5 heteroatoms. The molecule has 98 valence electrons. The number of carbonyl (C=O) groups excluding carboxylic acids is 2. The van der Waals surface area contributed by atoms with Crippen LogP contribution in [-0.4, -0.2) is 38.3 Å². The molecule has 0 N–H and O–H groups in total. The molecule has 1 aromatic heterocycles. The zero-order chi connectivity index (χ0) is 13.5. The van der Waals surface area contributed by atoms with E-state index in [-0.39, 0.29) is 27.2 Å². The molecule has 0 aliphatic heterocycles. The Bertz CT molecular complexity index is 446. The van der Waals surface area contributed by atoms with E-state index in [1.54, 1.807) is 19.1 Å². The van der Waals surface area contributed by atoms with Crippen LogP contribution in [0.2, 0.25) is 5.32 Å². The van der Waals surface area contributed by atoms with Gasteiger partial charge in [0.2, 0.25) is 0 Å². The van der Waals surface area contributed by atoms with E-state index < -0.39 is 5.97 Å². The number of aromatic nitrogens is 1. The molecular weight excluding hydrogens is 297 g/mol. The summed E-state index contributed by atoms with van der Waals surface area (Å²) in [5.41, 5.74) is 1.46. The van der Waals surface area contributed by atoms with Crippen LogP contribution in [0, 0.1) is 6.92 Å². The van der Waals surface area contributed by atoms with Crippen molar-refractivity contribution < 1.29 is 14.3 Å². The monoisotopic (exact) mass is 315 g/mol. The van der Waals surface area contributed by atoms with Gasteiger partial charge >= 0.3 is 113 Å². The molecule has 1 heterocycles. The Morgan fingerprint density at radius 1 is 1.33 bits per heavy atom. The van der Waals surface area contributed by atoms with Crippen molar-refractivity contribution >= 4 is 31.3 Å². The van der Waals surface area contributed by atoms with Crippen LogP contribution in [-0.2, 0) is 9.53 Å². The van der Waals surface area contributed by atoms with Crippen molar-refractivity contribution in [2.75, 3.05) is 6.61 Å². The van der Waals surface area contributed by atoms with E-state index >= 15 is 0 Å². The van der Waals surface area contributed by atoms with E-state index in [0.717, 1.165) is 15.6 Å². The number of aryl methyl sites for hydroxylation is 1. The normalized spacial score (nSPS) is 10.2. The van der Waals surface area contributed by atoms with Gasteiger partial charge in [-0.3, -0.25) is 0 Å². The first-order chi connectivity index (χ1) is 8.58. The van der Waals surface area contributed by atoms with E-state index in [1.165, 1.54) is 0 Å². The van der Waals surface area contributed by atoms with E-state index in [9.17, 15) is 9.59 Å². The summed E-state index contributed by atoms with van der Waals surface area (Å²) in [6.45, 7) is 5.98. The molecule has 0 amide bonds. The first-order valence-corrected chi connectivity index (χ1v) is 7.94. The molecule has 0 saturated heterocycles. The molecule has 0 aliphatic carbocycles. The summed E-state index contributed by atoms with van der Waals surface area (Å²) in [7, 11) is 0. The molecule has 0 radical (unpaired) electrons. The molecule has 1 aromatic rings. The molecule has 0 unspecified atom stereocenters. The van der Waals surface area contributed by atoms with Crippen LogP contribution >= 0.6 is 0 Å². The number of ether oxygens (including phenoxy) is 1. The zero-order valence-corrected chi connectivity index (χ0v) is 12.6. The number of carbonyl (C=O) groups is 2. The van der Waals surface area contributed by atoms with Gasteiger partial charge in [0.05, 0.1) is 0 Å².